The maximum Gasteiger partial charge on any atom is 0.334 e. The lowest BCUT2D eigenvalue weighted by molar-refractivity contribution is -0.163. The van der Waals surface area contributed by atoms with Crippen LogP contribution in [0.15, 0.2) is 17.3 Å². The summed E-state index contributed by atoms with van der Waals surface area (Å²) in [7, 11) is 0. The van der Waals surface area contributed by atoms with Crippen molar-refractivity contribution in [1.82, 2.24) is 4.98 Å². The van der Waals surface area contributed by atoms with Crippen LogP contribution in [-0.4, -0.2) is 21.7 Å². The Labute approximate surface area is 129 Å². The van der Waals surface area contributed by atoms with Gasteiger partial charge in [0.05, 0.1) is 17.3 Å². The lowest BCUT2D eigenvalue weighted by Crippen LogP contribution is -2.43. The number of rotatable bonds is 5. The highest BCUT2D eigenvalue weighted by Gasteiger charge is 2.41. The molecule has 0 radical (unpaired) electrons. The van der Waals surface area contributed by atoms with Gasteiger partial charge in [-0.3, -0.25) is 0 Å². The van der Waals surface area contributed by atoms with E-state index in [1.807, 2.05) is 19.4 Å². The highest BCUT2D eigenvalue weighted by Crippen LogP contribution is 2.37. The summed E-state index contributed by atoms with van der Waals surface area (Å²) in [6.07, 6.45) is 3.09. The highest BCUT2D eigenvalue weighted by molar-refractivity contribution is 7.09. The smallest absolute Gasteiger partial charge is 0.334 e. The maximum absolute atomic E-state index is 11.7. The van der Waals surface area contributed by atoms with E-state index in [1.165, 1.54) is 11.0 Å². The minimum Gasteiger partial charge on any atom is -0.512 e. The van der Waals surface area contributed by atoms with E-state index < -0.39 is 11.6 Å². The number of hydrogen-bond donors (Lipinski definition) is 1. The number of aryl methyl sites for hydroxylation is 1. The molecule has 0 saturated carbocycles. The van der Waals surface area contributed by atoms with E-state index in [9.17, 15) is 9.90 Å². The monoisotopic (exact) mass is 309 g/mol. The molecule has 0 saturated heterocycles. The molecule has 1 aliphatic heterocycles. The normalized spacial score (nSPS) is 22.6. The van der Waals surface area contributed by atoms with Gasteiger partial charge in [-0.05, 0) is 24.7 Å². The Morgan fingerprint density at radius 3 is 2.71 bits per heavy atom. The second-order valence-corrected chi connectivity index (χ2v) is 7.21. The van der Waals surface area contributed by atoms with E-state index in [0.29, 0.717) is 18.8 Å². The third-order valence-corrected chi connectivity index (χ3v) is 5.02. The third kappa shape index (κ3) is 3.46. The predicted molar refractivity (Wildman–Crippen MR) is 83.5 cm³/mol. The van der Waals surface area contributed by atoms with Gasteiger partial charge in [0.2, 0.25) is 0 Å². The lowest BCUT2D eigenvalue weighted by Gasteiger charge is -2.39. The zero-order valence-electron chi connectivity index (χ0n) is 13.0. The largest absolute Gasteiger partial charge is 0.512 e. The first kappa shape index (κ1) is 16.0. The van der Waals surface area contributed by atoms with Crippen LogP contribution < -0.4 is 0 Å². The van der Waals surface area contributed by atoms with E-state index in [0.717, 1.165) is 12.1 Å². The number of carbonyl (C=O) groups excluding carboxylic acids is 1. The second-order valence-electron chi connectivity index (χ2n) is 6.27. The number of aliphatic hydroxyl groups is 1. The number of aromatic nitrogens is 1. The van der Waals surface area contributed by atoms with Crippen LogP contribution in [0.5, 0.6) is 0 Å². The van der Waals surface area contributed by atoms with Crippen molar-refractivity contribution in [2.75, 3.05) is 0 Å². The van der Waals surface area contributed by atoms with Crippen LogP contribution in [-0.2, 0) is 16.0 Å². The van der Waals surface area contributed by atoms with E-state index in [-0.39, 0.29) is 11.7 Å². The molecule has 21 heavy (non-hydrogen) atoms. The van der Waals surface area contributed by atoms with Gasteiger partial charge in [0.25, 0.3) is 0 Å². The number of ether oxygens (including phenoxy) is 1. The van der Waals surface area contributed by atoms with E-state index in [2.05, 4.69) is 18.8 Å². The topological polar surface area (TPSA) is 59.4 Å². The molecule has 2 rings (SSSR count). The first-order chi connectivity index (χ1) is 9.84. The Hall–Kier alpha value is -1.36. The van der Waals surface area contributed by atoms with Gasteiger partial charge in [0, 0.05) is 11.3 Å². The summed E-state index contributed by atoms with van der Waals surface area (Å²) < 4.78 is 5.61. The average molecular weight is 309 g/mol. The Morgan fingerprint density at radius 2 is 2.14 bits per heavy atom. The number of thiazole rings is 1. The van der Waals surface area contributed by atoms with Gasteiger partial charge in [0.1, 0.15) is 11.4 Å². The highest BCUT2D eigenvalue weighted by atomic mass is 32.1. The molecular formula is C16H23NO3S. The van der Waals surface area contributed by atoms with Crippen LogP contribution in [0.1, 0.15) is 57.0 Å². The third-order valence-electron chi connectivity index (χ3n) is 4.12. The van der Waals surface area contributed by atoms with Crippen molar-refractivity contribution < 1.29 is 14.6 Å². The van der Waals surface area contributed by atoms with Crippen LogP contribution in [0.25, 0.3) is 0 Å². The Kier molecular flexibility index (Phi) is 4.71. The number of hydrogen-bond acceptors (Lipinski definition) is 5. The molecule has 1 aromatic rings. The van der Waals surface area contributed by atoms with Gasteiger partial charge in [-0.25, -0.2) is 9.78 Å². The summed E-state index contributed by atoms with van der Waals surface area (Å²) in [6.45, 7) is 8.32. The molecule has 1 atom stereocenters. The molecule has 0 bridgehead atoms. The standard InChI is InChI=1S/C16H23NO3S/c1-10(2)15-13(21-9-17-15)5-6-16(11(3)4)8-12(18)7-14(19)20-16/h7,9-11,18H,5-6,8H2,1-4H3. The van der Waals surface area contributed by atoms with Crippen LogP contribution in [0.2, 0.25) is 0 Å². The van der Waals surface area contributed by atoms with Gasteiger partial charge < -0.3 is 9.84 Å². The summed E-state index contributed by atoms with van der Waals surface area (Å²) in [5, 5.41) is 9.81. The summed E-state index contributed by atoms with van der Waals surface area (Å²) in [5.41, 5.74) is 2.38. The van der Waals surface area contributed by atoms with Crippen molar-refractivity contribution in [3.05, 3.63) is 27.9 Å². The fourth-order valence-electron chi connectivity index (χ4n) is 2.77. The Bertz CT molecular complexity index is 547. The summed E-state index contributed by atoms with van der Waals surface area (Å²) in [5.74, 6) is 0.213. The number of nitrogens with zero attached hydrogens (tertiary/aromatic N) is 1. The minimum absolute atomic E-state index is 0.119. The van der Waals surface area contributed by atoms with Gasteiger partial charge in [-0.1, -0.05) is 27.7 Å². The molecule has 4 nitrogen and oxygen atoms in total. The molecule has 5 heteroatoms. The molecule has 2 heterocycles. The first-order valence-electron chi connectivity index (χ1n) is 7.39. The van der Waals surface area contributed by atoms with Crippen molar-refractivity contribution in [1.29, 1.82) is 0 Å². The second kappa shape index (κ2) is 6.18. The van der Waals surface area contributed by atoms with Gasteiger partial charge in [0.15, 0.2) is 0 Å². The average Bonchev–Trinajstić information content (AvgIpc) is 2.83. The fourth-order valence-corrected chi connectivity index (χ4v) is 3.69. The maximum atomic E-state index is 11.7. The van der Waals surface area contributed by atoms with E-state index in [1.54, 1.807) is 11.3 Å². The zero-order chi connectivity index (χ0) is 15.6. The molecule has 0 fully saturated rings. The molecule has 0 aliphatic carbocycles. The molecule has 0 spiro atoms. The predicted octanol–water partition coefficient (Wildman–Crippen LogP) is 3.98. The van der Waals surface area contributed by atoms with Crippen molar-refractivity contribution >= 4 is 17.3 Å². The number of esters is 1. The summed E-state index contributed by atoms with van der Waals surface area (Å²) in [6, 6.07) is 0. The van der Waals surface area contributed by atoms with Crippen molar-refractivity contribution in [2.24, 2.45) is 5.92 Å². The van der Waals surface area contributed by atoms with E-state index >= 15 is 0 Å². The molecule has 116 valence electrons. The minimum atomic E-state index is -0.617. The van der Waals surface area contributed by atoms with Crippen LogP contribution in [0.4, 0.5) is 0 Å². The van der Waals surface area contributed by atoms with Gasteiger partial charge >= 0.3 is 5.97 Å². The molecule has 1 N–H and O–H groups in total. The molecule has 1 aliphatic rings. The summed E-state index contributed by atoms with van der Waals surface area (Å²) >= 11 is 1.65. The number of carbonyl (C=O) groups is 1. The van der Waals surface area contributed by atoms with Crippen LogP contribution in [0, 0.1) is 5.92 Å². The summed E-state index contributed by atoms with van der Waals surface area (Å²) in [4.78, 5) is 17.3. The van der Waals surface area contributed by atoms with Crippen LogP contribution >= 0.6 is 11.3 Å². The van der Waals surface area contributed by atoms with Crippen molar-refractivity contribution in [3.8, 4) is 0 Å². The SMILES string of the molecule is CC(C)c1ncsc1CCC1(C(C)C)CC(O)=CC(=O)O1. The molecular weight excluding hydrogens is 286 g/mol. The van der Waals surface area contributed by atoms with Crippen molar-refractivity contribution in [2.45, 2.75) is 58.5 Å². The molecule has 0 amide bonds. The number of aliphatic hydroxyl groups excluding tert-OH is 1. The molecule has 1 unspecified atom stereocenters. The van der Waals surface area contributed by atoms with Gasteiger partial charge in [-0.15, -0.1) is 11.3 Å². The lowest BCUT2D eigenvalue weighted by atomic mass is 9.80. The molecule has 1 aromatic heterocycles. The Balaban J connectivity index is 2.16. The number of cyclic esters (lactones) is 1. The first-order valence-corrected chi connectivity index (χ1v) is 8.27. The van der Waals surface area contributed by atoms with Gasteiger partial charge in [-0.2, -0.15) is 0 Å². The Morgan fingerprint density at radius 1 is 1.43 bits per heavy atom. The van der Waals surface area contributed by atoms with E-state index in [4.69, 9.17) is 4.74 Å². The quantitative estimate of drug-likeness (QED) is 0.836. The fraction of sp³-hybridized carbons (Fsp3) is 0.625. The van der Waals surface area contributed by atoms with Crippen molar-refractivity contribution in [3.63, 3.8) is 0 Å². The molecule has 0 aromatic carbocycles. The zero-order valence-corrected chi connectivity index (χ0v) is 13.9. The van der Waals surface area contributed by atoms with Crippen LogP contribution in [0.3, 0.4) is 0 Å².